The number of likely N-dealkylation sites (tertiary alicyclic amines) is 1. The molecular formula is C19H29NO3. The Bertz CT molecular complexity index is 562. The first-order chi connectivity index (χ1) is 10.7. The first-order valence-electron chi connectivity index (χ1n) is 8.38. The smallest absolute Gasteiger partial charge is 0.410 e. The van der Waals surface area contributed by atoms with Gasteiger partial charge in [0.2, 0.25) is 0 Å². The van der Waals surface area contributed by atoms with E-state index in [1.54, 1.807) is 4.90 Å². The predicted molar refractivity (Wildman–Crippen MR) is 91.5 cm³/mol. The van der Waals surface area contributed by atoms with Gasteiger partial charge in [0, 0.05) is 19.0 Å². The second kappa shape index (κ2) is 6.91. The van der Waals surface area contributed by atoms with Gasteiger partial charge in [-0.3, -0.25) is 0 Å². The number of carbonyl (C=O) groups excluding carboxylic acids is 1. The zero-order valence-corrected chi connectivity index (χ0v) is 14.9. The minimum atomic E-state index is -0.479. The van der Waals surface area contributed by atoms with Crippen molar-refractivity contribution in [2.75, 3.05) is 13.1 Å². The molecule has 1 aliphatic rings. The van der Waals surface area contributed by atoms with E-state index in [9.17, 15) is 9.90 Å². The van der Waals surface area contributed by atoms with Crippen molar-refractivity contribution in [2.24, 2.45) is 5.92 Å². The lowest BCUT2D eigenvalue weighted by atomic mass is 9.94. The Balaban J connectivity index is 1.90. The van der Waals surface area contributed by atoms with Crippen LogP contribution in [0.3, 0.4) is 0 Å². The lowest BCUT2D eigenvalue weighted by Gasteiger charge is -2.25. The summed E-state index contributed by atoms with van der Waals surface area (Å²) >= 11 is 0. The quantitative estimate of drug-likeness (QED) is 0.928. The average Bonchev–Trinajstić information content (AvgIpc) is 2.91. The maximum absolute atomic E-state index is 12.1. The summed E-state index contributed by atoms with van der Waals surface area (Å²) in [6.07, 6.45) is 0.752. The summed E-state index contributed by atoms with van der Waals surface area (Å²) in [5.41, 5.74) is 3.18. The zero-order chi connectivity index (χ0) is 17.2. The van der Waals surface area contributed by atoms with Crippen molar-refractivity contribution in [1.29, 1.82) is 0 Å². The molecule has 4 nitrogen and oxygen atoms in total. The Morgan fingerprint density at radius 1 is 1.35 bits per heavy atom. The number of rotatable bonds is 3. The highest BCUT2D eigenvalue weighted by Crippen LogP contribution is 2.24. The van der Waals surface area contributed by atoms with E-state index >= 15 is 0 Å². The Labute approximate surface area is 139 Å². The summed E-state index contributed by atoms with van der Waals surface area (Å²) in [5.74, 6) is 0.115. The molecule has 0 saturated carbocycles. The van der Waals surface area contributed by atoms with Crippen LogP contribution in [0, 0.1) is 19.8 Å². The van der Waals surface area contributed by atoms with Gasteiger partial charge in [0.1, 0.15) is 5.60 Å². The van der Waals surface area contributed by atoms with E-state index in [0.29, 0.717) is 19.5 Å². The number of amides is 1. The van der Waals surface area contributed by atoms with Crippen molar-refractivity contribution in [3.05, 3.63) is 34.9 Å². The number of hydrogen-bond donors (Lipinski definition) is 1. The van der Waals surface area contributed by atoms with Gasteiger partial charge in [0.05, 0.1) is 6.10 Å². The number of hydrogen-bond acceptors (Lipinski definition) is 3. The van der Waals surface area contributed by atoms with Crippen LogP contribution in [0.2, 0.25) is 0 Å². The maximum atomic E-state index is 12.1. The molecule has 1 amide bonds. The van der Waals surface area contributed by atoms with Gasteiger partial charge in [0.15, 0.2) is 0 Å². The van der Waals surface area contributed by atoms with E-state index in [2.05, 4.69) is 32.0 Å². The molecule has 1 fully saturated rings. The third-order valence-corrected chi connectivity index (χ3v) is 4.44. The van der Waals surface area contributed by atoms with Gasteiger partial charge in [0.25, 0.3) is 0 Å². The van der Waals surface area contributed by atoms with Crippen LogP contribution in [0.1, 0.15) is 43.9 Å². The lowest BCUT2D eigenvalue weighted by molar-refractivity contribution is 0.0269. The Hall–Kier alpha value is -1.55. The Kier molecular flexibility index (Phi) is 5.35. The van der Waals surface area contributed by atoms with E-state index in [-0.39, 0.29) is 12.0 Å². The molecule has 0 aliphatic carbocycles. The molecule has 23 heavy (non-hydrogen) atoms. The third kappa shape index (κ3) is 4.96. The molecule has 1 aromatic carbocycles. The monoisotopic (exact) mass is 319 g/mol. The average molecular weight is 319 g/mol. The number of aliphatic hydroxyl groups is 1. The van der Waals surface area contributed by atoms with E-state index in [4.69, 9.17) is 4.74 Å². The number of nitrogens with zero attached hydrogens (tertiary/aromatic N) is 1. The molecule has 2 unspecified atom stereocenters. The van der Waals surface area contributed by atoms with Gasteiger partial charge in [-0.05, 0) is 64.2 Å². The maximum Gasteiger partial charge on any atom is 0.410 e. The van der Waals surface area contributed by atoms with E-state index in [0.717, 1.165) is 12.0 Å². The topological polar surface area (TPSA) is 49.8 Å². The highest BCUT2D eigenvalue weighted by Gasteiger charge is 2.33. The van der Waals surface area contributed by atoms with Crippen molar-refractivity contribution in [2.45, 2.75) is 59.2 Å². The van der Waals surface area contributed by atoms with Crippen LogP contribution in [0.4, 0.5) is 4.79 Å². The van der Waals surface area contributed by atoms with Gasteiger partial charge in [-0.25, -0.2) is 4.79 Å². The minimum absolute atomic E-state index is 0.115. The molecule has 4 heteroatoms. The molecule has 1 aromatic rings. The second-order valence-corrected chi connectivity index (χ2v) is 7.67. The second-order valence-electron chi connectivity index (χ2n) is 7.67. The SMILES string of the molecule is Cc1ccc(CC(O)C2CCN(C(=O)OC(C)(C)C)C2)cc1C. The summed E-state index contributed by atoms with van der Waals surface area (Å²) in [4.78, 5) is 13.8. The molecule has 0 radical (unpaired) electrons. The fraction of sp³-hybridized carbons (Fsp3) is 0.632. The third-order valence-electron chi connectivity index (χ3n) is 4.44. The zero-order valence-electron chi connectivity index (χ0n) is 14.9. The fourth-order valence-corrected chi connectivity index (χ4v) is 2.93. The van der Waals surface area contributed by atoms with Crippen LogP contribution >= 0.6 is 0 Å². The number of ether oxygens (including phenoxy) is 1. The van der Waals surface area contributed by atoms with Gasteiger partial charge in [-0.2, -0.15) is 0 Å². The van der Waals surface area contributed by atoms with Crippen molar-refractivity contribution < 1.29 is 14.6 Å². The lowest BCUT2D eigenvalue weighted by Crippen LogP contribution is -2.36. The van der Waals surface area contributed by atoms with Crippen LogP contribution in [-0.4, -0.2) is 40.9 Å². The van der Waals surface area contributed by atoms with E-state index in [1.165, 1.54) is 11.1 Å². The largest absolute Gasteiger partial charge is 0.444 e. The standard InChI is InChI=1S/C19H29NO3/c1-13-6-7-15(10-14(13)2)11-17(21)16-8-9-20(12-16)18(22)23-19(3,4)5/h6-7,10,16-17,21H,8-9,11-12H2,1-5H3. The molecule has 2 atom stereocenters. The predicted octanol–water partition coefficient (Wildman–Crippen LogP) is 3.46. The molecule has 1 saturated heterocycles. The minimum Gasteiger partial charge on any atom is -0.444 e. The van der Waals surface area contributed by atoms with Crippen LogP contribution in [0.15, 0.2) is 18.2 Å². The van der Waals surface area contributed by atoms with Crippen LogP contribution in [0.5, 0.6) is 0 Å². The van der Waals surface area contributed by atoms with Crippen molar-refractivity contribution in [3.8, 4) is 0 Å². The molecular weight excluding hydrogens is 290 g/mol. The highest BCUT2D eigenvalue weighted by molar-refractivity contribution is 5.68. The highest BCUT2D eigenvalue weighted by atomic mass is 16.6. The molecule has 128 valence electrons. The Morgan fingerprint density at radius 2 is 2.04 bits per heavy atom. The molecule has 1 aliphatic heterocycles. The van der Waals surface area contributed by atoms with Crippen LogP contribution < -0.4 is 0 Å². The summed E-state index contributed by atoms with van der Waals surface area (Å²) in [5, 5.41) is 10.5. The van der Waals surface area contributed by atoms with Crippen molar-refractivity contribution in [3.63, 3.8) is 0 Å². The van der Waals surface area contributed by atoms with Gasteiger partial charge >= 0.3 is 6.09 Å². The first-order valence-corrected chi connectivity index (χ1v) is 8.38. The summed E-state index contributed by atoms with van der Waals surface area (Å²) in [6.45, 7) is 11.0. The summed E-state index contributed by atoms with van der Waals surface area (Å²) in [6, 6.07) is 6.31. The summed E-state index contributed by atoms with van der Waals surface area (Å²) < 4.78 is 5.40. The van der Waals surface area contributed by atoms with E-state index in [1.807, 2.05) is 20.8 Å². The molecule has 1 heterocycles. The summed E-state index contributed by atoms with van der Waals surface area (Å²) in [7, 11) is 0. The van der Waals surface area contributed by atoms with Crippen LogP contribution in [-0.2, 0) is 11.2 Å². The molecule has 1 N–H and O–H groups in total. The van der Waals surface area contributed by atoms with Crippen LogP contribution in [0.25, 0.3) is 0 Å². The first kappa shape index (κ1) is 17.8. The molecule has 0 aromatic heterocycles. The number of aryl methyl sites for hydroxylation is 2. The Morgan fingerprint density at radius 3 is 2.65 bits per heavy atom. The van der Waals surface area contributed by atoms with Gasteiger partial charge in [-0.1, -0.05) is 18.2 Å². The van der Waals surface area contributed by atoms with E-state index < -0.39 is 11.7 Å². The number of aliphatic hydroxyl groups excluding tert-OH is 1. The van der Waals surface area contributed by atoms with Gasteiger partial charge in [-0.15, -0.1) is 0 Å². The fourth-order valence-electron chi connectivity index (χ4n) is 2.93. The number of benzene rings is 1. The normalized spacial score (nSPS) is 19.7. The van der Waals surface area contributed by atoms with Crippen molar-refractivity contribution >= 4 is 6.09 Å². The van der Waals surface area contributed by atoms with Gasteiger partial charge < -0.3 is 14.7 Å². The number of carbonyl (C=O) groups is 1. The van der Waals surface area contributed by atoms with Crippen molar-refractivity contribution in [1.82, 2.24) is 4.90 Å². The molecule has 0 spiro atoms. The molecule has 2 rings (SSSR count). The molecule has 0 bridgehead atoms.